The highest BCUT2D eigenvalue weighted by atomic mass is 16.5. The van der Waals surface area contributed by atoms with Gasteiger partial charge >= 0.3 is 6.03 Å². The Bertz CT molecular complexity index is 505. The quantitative estimate of drug-likeness (QED) is 0.783. The average Bonchev–Trinajstić information content (AvgIpc) is 2.51. The smallest absolute Gasteiger partial charge is 0.322 e. The molecule has 5 nitrogen and oxygen atoms in total. The van der Waals surface area contributed by atoms with Crippen molar-refractivity contribution in [2.24, 2.45) is 0 Å². The van der Waals surface area contributed by atoms with Gasteiger partial charge in [-0.05, 0) is 31.9 Å². The first-order valence-corrected chi connectivity index (χ1v) is 8.04. The molecule has 1 aromatic rings. The number of ether oxygens (including phenoxy) is 2. The molecule has 2 amide bonds. The summed E-state index contributed by atoms with van der Waals surface area (Å²) >= 11 is 0. The van der Waals surface area contributed by atoms with E-state index < -0.39 is 0 Å². The highest BCUT2D eigenvalue weighted by Gasteiger charge is 2.24. The van der Waals surface area contributed by atoms with Crippen molar-refractivity contribution in [1.82, 2.24) is 5.32 Å². The van der Waals surface area contributed by atoms with E-state index in [4.69, 9.17) is 9.47 Å². The summed E-state index contributed by atoms with van der Waals surface area (Å²) in [5.74, 6) is 1.40. The van der Waals surface area contributed by atoms with E-state index in [2.05, 4.69) is 12.2 Å². The van der Waals surface area contributed by atoms with E-state index in [0.717, 1.165) is 31.4 Å². The van der Waals surface area contributed by atoms with Crippen molar-refractivity contribution in [3.8, 4) is 11.5 Å². The predicted molar refractivity (Wildman–Crippen MR) is 88.0 cm³/mol. The predicted octanol–water partition coefficient (Wildman–Crippen LogP) is 3.57. The van der Waals surface area contributed by atoms with E-state index in [0.29, 0.717) is 24.7 Å². The molecule has 1 saturated heterocycles. The molecular formula is C17H26N2O3. The van der Waals surface area contributed by atoms with Crippen LogP contribution in [0.2, 0.25) is 0 Å². The molecule has 0 bridgehead atoms. The number of hydrogen-bond acceptors (Lipinski definition) is 3. The van der Waals surface area contributed by atoms with E-state index in [1.54, 1.807) is 12.0 Å². The molecule has 5 heteroatoms. The van der Waals surface area contributed by atoms with Crippen LogP contribution in [0.3, 0.4) is 0 Å². The highest BCUT2D eigenvalue weighted by molar-refractivity contribution is 5.93. The highest BCUT2D eigenvalue weighted by Crippen LogP contribution is 2.32. The summed E-state index contributed by atoms with van der Waals surface area (Å²) in [5.41, 5.74) is 0.843. The third-order valence-electron chi connectivity index (χ3n) is 3.87. The Kier molecular flexibility index (Phi) is 5.92. The van der Waals surface area contributed by atoms with Crippen LogP contribution in [-0.2, 0) is 0 Å². The number of unbranched alkanes of at least 4 members (excludes halogenated alkanes) is 2. The number of methoxy groups -OCH3 is 1. The zero-order valence-corrected chi connectivity index (χ0v) is 13.7. The van der Waals surface area contributed by atoms with Gasteiger partial charge in [-0.1, -0.05) is 19.8 Å². The summed E-state index contributed by atoms with van der Waals surface area (Å²) in [4.78, 5) is 13.9. The molecule has 22 heavy (non-hydrogen) atoms. The number of amides is 2. The minimum Gasteiger partial charge on any atom is -0.493 e. The summed E-state index contributed by atoms with van der Waals surface area (Å²) in [5, 5.41) is 2.95. The van der Waals surface area contributed by atoms with Crippen LogP contribution in [0.1, 0.15) is 39.5 Å². The molecular weight excluding hydrogens is 280 g/mol. The molecule has 0 spiro atoms. The Labute approximate surface area is 132 Å². The molecule has 0 unspecified atom stereocenters. The number of carbonyl (C=O) groups is 1. The van der Waals surface area contributed by atoms with Crippen molar-refractivity contribution in [2.45, 2.75) is 45.6 Å². The first-order valence-electron chi connectivity index (χ1n) is 8.04. The van der Waals surface area contributed by atoms with Gasteiger partial charge in [0, 0.05) is 24.3 Å². The first-order chi connectivity index (χ1) is 10.7. The maximum absolute atomic E-state index is 12.1. The summed E-state index contributed by atoms with van der Waals surface area (Å²) in [6.45, 7) is 5.56. The number of anilines is 1. The van der Waals surface area contributed by atoms with Gasteiger partial charge in [0.05, 0.1) is 13.7 Å². The van der Waals surface area contributed by atoms with E-state index >= 15 is 0 Å². The standard InChI is InChI=1S/C17H26N2O3/c1-4-5-6-11-22-16-12-14(7-8-15(16)21-3)19-10-9-13(2)18-17(19)20/h7-8,12-13H,4-6,9-11H2,1-3H3,(H,18,20)/t13-/m1/s1. The van der Waals surface area contributed by atoms with Gasteiger partial charge in [-0.3, -0.25) is 4.90 Å². The SMILES string of the molecule is CCCCCOc1cc(N2CC[C@@H](C)NC2=O)ccc1OC. The maximum Gasteiger partial charge on any atom is 0.322 e. The van der Waals surface area contributed by atoms with Gasteiger partial charge < -0.3 is 14.8 Å². The number of nitrogens with one attached hydrogen (secondary N) is 1. The van der Waals surface area contributed by atoms with Gasteiger partial charge in [0.25, 0.3) is 0 Å². The molecule has 1 fully saturated rings. The summed E-state index contributed by atoms with van der Waals surface area (Å²) in [6, 6.07) is 5.82. The molecule has 1 aliphatic heterocycles. The topological polar surface area (TPSA) is 50.8 Å². The Morgan fingerprint density at radius 1 is 1.32 bits per heavy atom. The number of urea groups is 1. The summed E-state index contributed by atoms with van der Waals surface area (Å²) in [6.07, 6.45) is 4.26. The fourth-order valence-corrected chi connectivity index (χ4v) is 2.51. The van der Waals surface area contributed by atoms with E-state index in [1.165, 1.54) is 0 Å². The molecule has 122 valence electrons. The van der Waals surface area contributed by atoms with Crippen LogP contribution in [0.15, 0.2) is 18.2 Å². The second-order valence-electron chi connectivity index (χ2n) is 5.68. The second-order valence-corrected chi connectivity index (χ2v) is 5.68. The maximum atomic E-state index is 12.1. The Morgan fingerprint density at radius 3 is 2.82 bits per heavy atom. The van der Waals surface area contributed by atoms with Gasteiger partial charge in [-0.2, -0.15) is 0 Å². The molecule has 2 rings (SSSR count). The zero-order valence-electron chi connectivity index (χ0n) is 13.7. The zero-order chi connectivity index (χ0) is 15.9. The molecule has 1 atom stereocenters. The normalized spacial score (nSPS) is 18.0. The number of hydrogen-bond donors (Lipinski definition) is 1. The Balaban J connectivity index is 2.10. The third kappa shape index (κ3) is 4.06. The van der Waals surface area contributed by atoms with Gasteiger partial charge in [-0.15, -0.1) is 0 Å². The van der Waals surface area contributed by atoms with Crippen LogP contribution < -0.4 is 19.7 Å². The van der Waals surface area contributed by atoms with Crippen molar-refractivity contribution in [1.29, 1.82) is 0 Å². The van der Waals surface area contributed by atoms with Gasteiger partial charge in [0.1, 0.15) is 0 Å². The lowest BCUT2D eigenvalue weighted by molar-refractivity contribution is 0.237. The largest absolute Gasteiger partial charge is 0.493 e. The molecule has 0 aliphatic carbocycles. The van der Waals surface area contributed by atoms with Crippen LogP contribution in [0.4, 0.5) is 10.5 Å². The lowest BCUT2D eigenvalue weighted by Crippen LogP contribution is -2.50. The Hall–Kier alpha value is -1.91. The molecule has 0 aromatic heterocycles. The van der Waals surface area contributed by atoms with Crippen LogP contribution in [0.25, 0.3) is 0 Å². The molecule has 1 N–H and O–H groups in total. The number of rotatable bonds is 7. The van der Waals surface area contributed by atoms with Crippen LogP contribution in [-0.4, -0.2) is 32.3 Å². The first kappa shape index (κ1) is 16.5. The monoisotopic (exact) mass is 306 g/mol. The van der Waals surface area contributed by atoms with Crippen molar-refractivity contribution < 1.29 is 14.3 Å². The number of benzene rings is 1. The molecule has 1 aliphatic rings. The van der Waals surface area contributed by atoms with Crippen molar-refractivity contribution in [2.75, 3.05) is 25.2 Å². The molecule has 1 heterocycles. The van der Waals surface area contributed by atoms with Gasteiger partial charge in [0.2, 0.25) is 0 Å². The van der Waals surface area contributed by atoms with E-state index in [1.807, 2.05) is 25.1 Å². The fraction of sp³-hybridized carbons (Fsp3) is 0.588. The summed E-state index contributed by atoms with van der Waals surface area (Å²) in [7, 11) is 1.63. The van der Waals surface area contributed by atoms with Crippen molar-refractivity contribution in [3.05, 3.63) is 18.2 Å². The number of carbonyl (C=O) groups excluding carboxylic acids is 1. The fourth-order valence-electron chi connectivity index (χ4n) is 2.51. The molecule has 0 saturated carbocycles. The molecule has 1 aromatic carbocycles. The van der Waals surface area contributed by atoms with Crippen molar-refractivity contribution >= 4 is 11.7 Å². The van der Waals surface area contributed by atoms with Crippen molar-refractivity contribution in [3.63, 3.8) is 0 Å². The van der Waals surface area contributed by atoms with E-state index in [9.17, 15) is 4.79 Å². The van der Waals surface area contributed by atoms with E-state index in [-0.39, 0.29) is 12.1 Å². The Morgan fingerprint density at radius 2 is 2.14 bits per heavy atom. The summed E-state index contributed by atoms with van der Waals surface area (Å²) < 4.78 is 11.2. The molecule has 0 radical (unpaired) electrons. The third-order valence-corrected chi connectivity index (χ3v) is 3.87. The minimum atomic E-state index is -0.0548. The lowest BCUT2D eigenvalue weighted by atomic mass is 10.1. The lowest BCUT2D eigenvalue weighted by Gasteiger charge is -2.31. The minimum absolute atomic E-state index is 0.0548. The van der Waals surface area contributed by atoms with Gasteiger partial charge in [-0.25, -0.2) is 4.79 Å². The van der Waals surface area contributed by atoms with Crippen LogP contribution >= 0.6 is 0 Å². The second kappa shape index (κ2) is 7.92. The van der Waals surface area contributed by atoms with Crippen LogP contribution in [0.5, 0.6) is 11.5 Å². The average molecular weight is 306 g/mol. The number of nitrogens with zero attached hydrogens (tertiary/aromatic N) is 1. The van der Waals surface area contributed by atoms with Gasteiger partial charge in [0.15, 0.2) is 11.5 Å². The van der Waals surface area contributed by atoms with Crippen LogP contribution in [0, 0.1) is 0 Å².